The lowest BCUT2D eigenvalue weighted by atomic mass is 10.0. The van der Waals surface area contributed by atoms with E-state index in [-0.39, 0.29) is 57.1 Å². The zero-order valence-corrected chi connectivity index (χ0v) is 32.4. The number of hydrogen-bond acceptors (Lipinski definition) is 6. The van der Waals surface area contributed by atoms with Gasteiger partial charge in [-0.1, -0.05) is 149 Å². The van der Waals surface area contributed by atoms with E-state index in [9.17, 15) is 32.3 Å². The van der Waals surface area contributed by atoms with Gasteiger partial charge in [0.05, 0.1) is 6.54 Å². The summed E-state index contributed by atoms with van der Waals surface area (Å²) >= 11 is 0. The summed E-state index contributed by atoms with van der Waals surface area (Å²) in [6.07, 6.45) is 23.5. The predicted octanol–water partition coefficient (Wildman–Crippen LogP) is 10.5. The van der Waals surface area contributed by atoms with Crippen LogP contribution in [-0.4, -0.2) is 67.7 Å². The molecule has 0 saturated carbocycles. The molecule has 300 valence electrons. The molecule has 0 aliphatic carbocycles. The van der Waals surface area contributed by atoms with E-state index in [0.29, 0.717) is 32.1 Å². The molecule has 51 heavy (non-hydrogen) atoms. The Morgan fingerprint density at radius 1 is 0.569 bits per heavy atom. The molecule has 11 heteroatoms. The molecule has 0 aromatic carbocycles. The zero-order chi connectivity index (χ0) is 37.8. The minimum Gasteiger partial charge on any atom is -0.464 e. The first-order chi connectivity index (χ1) is 24.6. The summed E-state index contributed by atoms with van der Waals surface area (Å²) in [7, 11) is 0. The standard InChI is InChI=1S/C40H73F3N2O6/c1-3-5-7-9-11-13-15-17-19-21-24-28-36(46)34-50-35-45(37(47)29-25-23-27-31-44-39(49)40(41,42)43)32-33-51-38(48)30-26-22-20-18-16-14-12-10-8-6-4-2/h3-35H2,1-2H3,(H,44,49). The molecule has 0 aliphatic rings. The van der Waals surface area contributed by atoms with Crippen LogP contribution in [0.3, 0.4) is 0 Å². The molecule has 0 rings (SSSR count). The highest BCUT2D eigenvalue weighted by molar-refractivity contribution is 5.81. The molecule has 0 radical (unpaired) electrons. The van der Waals surface area contributed by atoms with E-state index in [1.54, 1.807) is 0 Å². The van der Waals surface area contributed by atoms with Crippen molar-refractivity contribution in [3.8, 4) is 0 Å². The van der Waals surface area contributed by atoms with Crippen molar-refractivity contribution in [2.24, 2.45) is 0 Å². The monoisotopic (exact) mass is 735 g/mol. The number of hydrogen-bond donors (Lipinski definition) is 1. The van der Waals surface area contributed by atoms with Crippen LogP contribution >= 0.6 is 0 Å². The van der Waals surface area contributed by atoms with Crippen molar-refractivity contribution in [2.75, 3.05) is 33.0 Å². The number of ketones is 1. The number of alkyl halides is 3. The van der Waals surface area contributed by atoms with Crippen molar-refractivity contribution >= 4 is 23.6 Å². The molecule has 0 fully saturated rings. The Hall–Kier alpha value is -2.17. The lowest BCUT2D eigenvalue weighted by Crippen LogP contribution is -2.37. The summed E-state index contributed by atoms with van der Waals surface area (Å²) in [5, 5.41) is 1.82. The quantitative estimate of drug-likeness (QED) is 0.0387. The molecule has 1 N–H and O–H groups in total. The average molecular weight is 735 g/mol. The number of unbranched alkanes of at least 4 members (excludes halogenated alkanes) is 22. The average Bonchev–Trinajstić information content (AvgIpc) is 3.09. The molecule has 2 amide bonds. The van der Waals surface area contributed by atoms with Gasteiger partial charge in [0.15, 0.2) is 5.78 Å². The third kappa shape index (κ3) is 33.4. The first-order valence-corrected chi connectivity index (χ1v) is 20.5. The number of nitrogens with one attached hydrogen (secondary N) is 1. The molecule has 0 atom stereocenters. The minimum absolute atomic E-state index is 0.0160. The Labute approximate surface area is 308 Å². The topological polar surface area (TPSA) is 102 Å². The van der Waals surface area contributed by atoms with Crippen LogP contribution in [-0.2, 0) is 28.7 Å². The minimum atomic E-state index is -4.92. The molecule has 0 spiro atoms. The fraction of sp³-hybridized carbons (Fsp3) is 0.900. The van der Waals surface area contributed by atoms with Gasteiger partial charge in [0, 0.05) is 25.8 Å². The Morgan fingerprint density at radius 3 is 1.49 bits per heavy atom. The van der Waals surface area contributed by atoms with Crippen LogP contribution in [0, 0.1) is 0 Å². The van der Waals surface area contributed by atoms with Crippen LogP contribution in [0.15, 0.2) is 0 Å². The van der Waals surface area contributed by atoms with E-state index in [0.717, 1.165) is 38.5 Å². The fourth-order valence-corrected chi connectivity index (χ4v) is 5.90. The third-order valence-electron chi connectivity index (χ3n) is 9.14. The summed E-state index contributed by atoms with van der Waals surface area (Å²) in [6.45, 7) is 4.25. The van der Waals surface area contributed by atoms with Crippen molar-refractivity contribution in [3.63, 3.8) is 0 Å². The van der Waals surface area contributed by atoms with E-state index in [1.165, 1.54) is 108 Å². The SMILES string of the molecule is CCCCCCCCCCCCCC(=O)COCN(CCOC(=O)CCCCCCCCCCCCC)C(=O)CCCCCNC(=O)C(F)(F)F. The van der Waals surface area contributed by atoms with Gasteiger partial charge in [0.1, 0.15) is 19.9 Å². The van der Waals surface area contributed by atoms with E-state index in [1.807, 2.05) is 5.32 Å². The number of ether oxygens (including phenoxy) is 2. The van der Waals surface area contributed by atoms with Gasteiger partial charge < -0.3 is 19.7 Å². The van der Waals surface area contributed by atoms with Gasteiger partial charge in [-0.05, 0) is 25.7 Å². The van der Waals surface area contributed by atoms with Gasteiger partial charge in [-0.25, -0.2) is 0 Å². The number of esters is 1. The van der Waals surface area contributed by atoms with Crippen LogP contribution in [0.5, 0.6) is 0 Å². The summed E-state index contributed by atoms with van der Waals surface area (Å²) in [5.41, 5.74) is 0. The molecule has 0 bridgehead atoms. The highest BCUT2D eigenvalue weighted by Crippen LogP contribution is 2.15. The molecule has 0 saturated heterocycles. The lowest BCUT2D eigenvalue weighted by molar-refractivity contribution is -0.173. The Bertz CT molecular complexity index is 828. The molecular weight excluding hydrogens is 661 g/mol. The van der Waals surface area contributed by atoms with Crippen molar-refractivity contribution in [2.45, 2.75) is 200 Å². The molecule has 0 aromatic heterocycles. The second-order valence-electron chi connectivity index (χ2n) is 14.0. The molecule has 0 unspecified atom stereocenters. The van der Waals surface area contributed by atoms with Crippen molar-refractivity contribution < 1.29 is 41.8 Å². The maximum Gasteiger partial charge on any atom is 0.471 e. The summed E-state index contributed by atoms with van der Waals surface area (Å²) in [5.74, 6) is -2.55. The second-order valence-corrected chi connectivity index (χ2v) is 14.0. The summed E-state index contributed by atoms with van der Waals surface area (Å²) in [6, 6.07) is 0. The third-order valence-corrected chi connectivity index (χ3v) is 9.14. The summed E-state index contributed by atoms with van der Waals surface area (Å²) in [4.78, 5) is 50.0. The van der Waals surface area contributed by atoms with Gasteiger partial charge in [0.25, 0.3) is 0 Å². The Balaban J connectivity index is 4.38. The van der Waals surface area contributed by atoms with Crippen molar-refractivity contribution in [3.05, 3.63) is 0 Å². The fourth-order valence-electron chi connectivity index (χ4n) is 5.90. The summed E-state index contributed by atoms with van der Waals surface area (Å²) < 4.78 is 48.0. The Kier molecular flexibility index (Phi) is 33.4. The molecule has 0 aromatic rings. The number of Topliss-reactive ketones (excluding diaryl/α,β-unsaturated/α-hetero) is 1. The van der Waals surface area contributed by atoms with Crippen molar-refractivity contribution in [1.82, 2.24) is 10.2 Å². The van der Waals surface area contributed by atoms with E-state index < -0.39 is 12.1 Å². The number of halogens is 3. The van der Waals surface area contributed by atoms with Crippen LogP contribution < -0.4 is 5.32 Å². The molecule has 0 heterocycles. The lowest BCUT2D eigenvalue weighted by Gasteiger charge is -2.22. The van der Waals surface area contributed by atoms with E-state index in [2.05, 4.69) is 13.8 Å². The van der Waals surface area contributed by atoms with Gasteiger partial charge in [-0.15, -0.1) is 0 Å². The molecule has 0 aliphatic heterocycles. The largest absolute Gasteiger partial charge is 0.471 e. The first-order valence-electron chi connectivity index (χ1n) is 20.5. The van der Waals surface area contributed by atoms with Crippen LogP contribution in [0.25, 0.3) is 0 Å². The smallest absolute Gasteiger partial charge is 0.464 e. The van der Waals surface area contributed by atoms with Gasteiger partial charge in [-0.2, -0.15) is 13.2 Å². The highest BCUT2D eigenvalue weighted by atomic mass is 19.4. The Morgan fingerprint density at radius 2 is 1.00 bits per heavy atom. The van der Waals surface area contributed by atoms with Crippen LogP contribution in [0.1, 0.15) is 194 Å². The first kappa shape index (κ1) is 48.8. The number of carbonyl (C=O) groups is 4. The van der Waals surface area contributed by atoms with Crippen LogP contribution in [0.2, 0.25) is 0 Å². The number of nitrogens with zero attached hydrogens (tertiary/aromatic N) is 1. The second kappa shape index (κ2) is 34.9. The zero-order valence-electron chi connectivity index (χ0n) is 32.4. The highest BCUT2D eigenvalue weighted by Gasteiger charge is 2.38. The maximum absolute atomic E-state index is 12.9. The number of rotatable bonds is 37. The van der Waals surface area contributed by atoms with E-state index in [4.69, 9.17) is 9.47 Å². The van der Waals surface area contributed by atoms with Gasteiger partial charge in [-0.3, -0.25) is 19.2 Å². The molecular formula is C40H73F3N2O6. The van der Waals surface area contributed by atoms with E-state index >= 15 is 0 Å². The van der Waals surface area contributed by atoms with Crippen molar-refractivity contribution in [1.29, 1.82) is 0 Å². The number of carbonyl (C=O) groups excluding carboxylic acids is 4. The maximum atomic E-state index is 12.9. The predicted molar refractivity (Wildman–Crippen MR) is 198 cm³/mol. The molecule has 8 nitrogen and oxygen atoms in total. The normalized spacial score (nSPS) is 11.5. The van der Waals surface area contributed by atoms with Crippen LogP contribution in [0.4, 0.5) is 13.2 Å². The number of amides is 2. The van der Waals surface area contributed by atoms with Gasteiger partial charge in [0.2, 0.25) is 5.91 Å². The van der Waals surface area contributed by atoms with Gasteiger partial charge >= 0.3 is 18.1 Å².